The Labute approximate surface area is 149 Å². The number of carbonyl (C=O) groups excluding carboxylic acids is 1. The molecule has 3 heterocycles. The molecule has 2 aliphatic heterocycles. The van der Waals surface area contributed by atoms with Crippen LogP contribution in [0.5, 0.6) is 0 Å². The summed E-state index contributed by atoms with van der Waals surface area (Å²) in [5.74, 6) is 0.283. The van der Waals surface area contributed by atoms with Gasteiger partial charge < -0.3 is 9.64 Å². The van der Waals surface area contributed by atoms with Crippen LogP contribution in [0.2, 0.25) is 0 Å². The van der Waals surface area contributed by atoms with Crippen LogP contribution in [0.1, 0.15) is 44.9 Å². The maximum atomic E-state index is 13.1. The predicted molar refractivity (Wildman–Crippen MR) is 92.9 cm³/mol. The number of piperidine rings is 1. The number of hydrogen-bond donors (Lipinski definition) is 0. The molecule has 0 radical (unpaired) electrons. The van der Waals surface area contributed by atoms with Gasteiger partial charge in [-0.05, 0) is 32.2 Å². The standard InChI is InChI=1S/C18H29N5O2/c24-18(23-9-10-25-17-7-2-1-6-16(17)23)12-21-8-4-3-5-15(21)11-22-14-19-13-20-22/h13-17H,1-12H2/t15-,16-,17+/m1/s1. The lowest BCUT2D eigenvalue weighted by molar-refractivity contribution is -0.151. The Morgan fingerprint density at radius 1 is 1.12 bits per heavy atom. The Hall–Kier alpha value is -1.47. The Morgan fingerprint density at radius 3 is 2.88 bits per heavy atom. The number of hydrogen-bond acceptors (Lipinski definition) is 5. The summed E-state index contributed by atoms with van der Waals surface area (Å²) in [4.78, 5) is 21.6. The topological polar surface area (TPSA) is 63.5 Å². The molecule has 1 amide bonds. The molecule has 7 heteroatoms. The van der Waals surface area contributed by atoms with E-state index in [-0.39, 0.29) is 12.0 Å². The van der Waals surface area contributed by atoms with Gasteiger partial charge in [0.2, 0.25) is 5.91 Å². The molecule has 3 fully saturated rings. The number of carbonyl (C=O) groups is 1. The van der Waals surface area contributed by atoms with Crippen molar-refractivity contribution in [1.29, 1.82) is 0 Å². The fraction of sp³-hybridized carbons (Fsp3) is 0.833. The van der Waals surface area contributed by atoms with Gasteiger partial charge in [0, 0.05) is 12.6 Å². The second-order valence-corrected chi connectivity index (χ2v) is 7.59. The lowest BCUT2D eigenvalue weighted by Crippen LogP contribution is -2.57. The first-order chi connectivity index (χ1) is 12.3. The molecule has 1 aliphatic carbocycles. The Morgan fingerprint density at radius 2 is 2.00 bits per heavy atom. The zero-order chi connectivity index (χ0) is 17.1. The third-order valence-corrected chi connectivity index (χ3v) is 6.00. The quantitative estimate of drug-likeness (QED) is 0.822. The average Bonchev–Trinajstić information content (AvgIpc) is 3.16. The van der Waals surface area contributed by atoms with Crippen LogP contribution in [0.3, 0.4) is 0 Å². The number of nitrogens with zero attached hydrogens (tertiary/aromatic N) is 5. The molecule has 1 saturated carbocycles. The number of rotatable bonds is 4. The van der Waals surface area contributed by atoms with Gasteiger partial charge in [-0.2, -0.15) is 5.10 Å². The zero-order valence-corrected chi connectivity index (χ0v) is 14.9. The van der Waals surface area contributed by atoms with Crippen molar-refractivity contribution < 1.29 is 9.53 Å². The van der Waals surface area contributed by atoms with E-state index >= 15 is 0 Å². The summed E-state index contributed by atoms with van der Waals surface area (Å²) in [6, 6.07) is 0.677. The SMILES string of the molecule is O=C(CN1CCCC[C@@H]1Cn1cncn1)N1CCO[C@H]2CCCC[C@H]21. The highest BCUT2D eigenvalue weighted by Crippen LogP contribution is 2.29. The molecule has 1 aromatic heterocycles. The second kappa shape index (κ2) is 7.83. The third kappa shape index (κ3) is 3.87. The molecule has 1 aromatic rings. The lowest BCUT2D eigenvalue weighted by Gasteiger charge is -2.45. The van der Waals surface area contributed by atoms with Crippen LogP contribution in [-0.4, -0.2) is 74.9 Å². The first kappa shape index (κ1) is 17.0. The summed E-state index contributed by atoms with van der Waals surface area (Å²) in [6.07, 6.45) is 11.8. The van der Waals surface area contributed by atoms with Gasteiger partial charge in [0.1, 0.15) is 12.7 Å². The number of fused-ring (bicyclic) bond motifs is 1. The van der Waals surface area contributed by atoms with Crippen molar-refractivity contribution in [3.05, 3.63) is 12.7 Å². The van der Waals surface area contributed by atoms with Crippen LogP contribution in [-0.2, 0) is 16.1 Å². The highest BCUT2D eigenvalue weighted by molar-refractivity contribution is 5.79. The second-order valence-electron chi connectivity index (χ2n) is 7.59. The molecule has 0 spiro atoms. The van der Waals surface area contributed by atoms with Crippen LogP contribution in [0.4, 0.5) is 0 Å². The molecular weight excluding hydrogens is 318 g/mol. The Balaban J connectivity index is 1.39. The van der Waals surface area contributed by atoms with E-state index in [9.17, 15) is 4.79 Å². The van der Waals surface area contributed by atoms with E-state index in [1.165, 1.54) is 25.7 Å². The molecule has 2 saturated heterocycles. The number of aromatic nitrogens is 3. The molecule has 138 valence electrons. The predicted octanol–water partition coefficient (Wildman–Crippen LogP) is 1.30. The van der Waals surface area contributed by atoms with E-state index in [1.54, 1.807) is 12.7 Å². The summed E-state index contributed by atoms with van der Waals surface area (Å²) >= 11 is 0. The van der Waals surface area contributed by atoms with E-state index in [0.717, 1.165) is 38.9 Å². The molecular formula is C18H29N5O2. The minimum absolute atomic E-state index is 0.263. The van der Waals surface area contributed by atoms with E-state index < -0.39 is 0 Å². The van der Waals surface area contributed by atoms with Crippen LogP contribution >= 0.6 is 0 Å². The summed E-state index contributed by atoms with van der Waals surface area (Å²) in [5.41, 5.74) is 0. The van der Waals surface area contributed by atoms with Crippen LogP contribution in [0.25, 0.3) is 0 Å². The molecule has 0 aromatic carbocycles. The summed E-state index contributed by atoms with van der Waals surface area (Å²) in [6.45, 7) is 3.80. The normalized spacial score (nSPS) is 30.9. The fourth-order valence-electron chi connectivity index (χ4n) is 4.69. The van der Waals surface area contributed by atoms with Gasteiger partial charge in [-0.3, -0.25) is 14.4 Å². The van der Waals surface area contributed by atoms with Crippen molar-refractivity contribution in [2.24, 2.45) is 0 Å². The molecule has 25 heavy (non-hydrogen) atoms. The number of amides is 1. The van der Waals surface area contributed by atoms with E-state index in [4.69, 9.17) is 4.74 Å². The summed E-state index contributed by atoms with van der Waals surface area (Å²) in [5, 5.41) is 4.23. The Bertz CT molecular complexity index is 562. The molecule has 0 unspecified atom stereocenters. The highest BCUT2D eigenvalue weighted by atomic mass is 16.5. The monoisotopic (exact) mass is 347 g/mol. The van der Waals surface area contributed by atoms with Crippen LogP contribution in [0.15, 0.2) is 12.7 Å². The summed E-state index contributed by atoms with van der Waals surface area (Å²) < 4.78 is 7.81. The molecule has 7 nitrogen and oxygen atoms in total. The van der Waals surface area contributed by atoms with Crippen molar-refractivity contribution in [3.63, 3.8) is 0 Å². The first-order valence-electron chi connectivity index (χ1n) is 9.79. The van der Waals surface area contributed by atoms with Crippen LogP contribution < -0.4 is 0 Å². The number of ether oxygens (including phenoxy) is 1. The highest BCUT2D eigenvalue weighted by Gasteiger charge is 2.37. The van der Waals surface area contributed by atoms with Crippen molar-refractivity contribution in [2.45, 2.75) is 69.7 Å². The number of morpholine rings is 1. The maximum absolute atomic E-state index is 13.1. The van der Waals surface area contributed by atoms with Crippen molar-refractivity contribution in [1.82, 2.24) is 24.6 Å². The van der Waals surface area contributed by atoms with Gasteiger partial charge in [-0.1, -0.05) is 19.3 Å². The van der Waals surface area contributed by atoms with E-state index in [0.29, 0.717) is 25.2 Å². The minimum Gasteiger partial charge on any atom is -0.374 e. The smallest absolute Gasteiger partial charge is 0.237 e. The van der Waals surface area contributed by atoms with Gasteiger partial charge in [-0.15, -0.1) is 0 Å². The summed E-state index contributed by atoms with van der Waals surface area (Å²) in [7, 11) is 0. The molecule has 3 atom stereocenters. The van der Waals surface area contributed by atoms with Gasteiger partial charge in [0.15, 0.2) is 0 Å². The van der Waals surface area contributed by atoms with Gasteiger partial charge in [0.05, 0.1) is 31.8 Å². The lowest BCUT2D eigenvalue weighted by atomic mass is 9.90. The number of likely N-dealkylation sites (tertiary alicyclic amines) is 1. The minimum atomic E-state index is 0.263. The van der Waals surface area contributed by atoms with Crippen LogP contribution in [0, 0.1) is 0 Å². The third-order valence-electron chi connectivity index (χ3n) is 6.00. The zero-order valence-electron chi connectivity index (χ0n) is 14.9. The molecule has 4 rings (SSSR count). The molecule has 0 bridgehead atoms. The molecule has 3 aliphatic rings. The van der Waals surface area contributed by atoms with E-state index in [2.05, 4.69) is 19.9 Å². The average molecular weight is 347 g/mol. The van der Waals surface area contributed by atoms with E-state index in [1.807, 2.05) is 4.68 Å². The van der Waals surface area contributed by atoms with Gasteiger partial charge in [0.25, 0.3) is 0 Å². The first-order valence-corrected chi connectivity index (χ1v) is 9.79. The van der Waals surface area contributed by atoms with Crippen molar-refractivity contribution >= 4 is 5.91 Å². The maximum Gasteiger partial charge on any atom is 0.237 e. The van der Waals surface area contributed by atoms with Gasteiger partial charge in [-0.25, -0.2) is 4.98 Å². The molecule has 0 N–H and O–H groups in total. The largest absolute Gasteiger partial charge is 0.374 e. The van der Waals surface area contributed by atoms with Gasteiger partial charge >= 0.3 is 0 Å². The Kier molecular flexibility index (Phi) is 5.31. The van der Waals surface area contributed by atoms with Crippen molar-refractivity contribution in [3.8, 4) is 0 Å². The fourth-order valence-corrected chi connectivity index (χ4v) is 4.69. The van der Waals surface area contributed by atoms with Crippen molar-refractivity contribution in [2.75, 3.05) is 26.2 Å².